The molecular formula is C23H29N5O2. The van der Waals surface area contributed by atoms with Gasteiger partial charge in [-0.3, -0.25) is 14.7 Å². The van der Waals surface area contributed by atoms with Crippen LogP contribution in [0.3, 0.4) is 0 Å². The summed E-state index contributed by atoms with van der Waals surface area (Å²) in [6.07, 6.45) is 4.15. The number of carbonyl (C=O) groups excluding carboxylic acids is 2. The van der Waals surface area contributed by atoms with Crippen LogP contribution in [0.1, 0.15) is 18.9 Å². The summed E-state index contributed by atoms with van der Waals surface area (Å²) in [7, 11) is 0. The maximum absolute atomic E-state index is 13.0. The highest BCUT2D eigenvalue weighted by molar-refractivity contribution is 5.89. The lowest BCUT2D eigenvalue weighted by atomic mass is 9.86. The minimum Gasteiger partial charge on any atom is -0.342 e. The zero-order chi connectivity index (χ0) is 21.0. The van der Waals surface area contributed by atoms with E-state index in [-0.39, 0.29) is 17.4 Å². The van der Waals surface area contributed by atoms with E-state index in [1.54, 1.807) is 6.20 Å². The predicted octanol–water partition coefficient (Wildman–Crippen LogP) is 2.67. The van der Waals surface area contributed by atoms with Gasteiger partial charge >= 0.3 is 6.03 Å². The Kier molecular flexibility index (Phi) is 5.99. The van der Waals surface area contributed by atoms with Gasteiger partial charge in [-0.25, -0.2) is 4.79 Å². The Labute approximate surface area is 177 Å². The van der Waals surface area contributed by atoms with E-state index in [4.69, 9.17) is 0 Å². The minimum atomic E-state index is -0.250. The fraction of sp³-hybridized carbons (Fsp3) is 0.435. The van der Waals surface area contributed by atoms with E-state index in [9.17, 15) is 9.59 Å². The first-order chi connectivity index (χ1) is 14.6. The molecule has 0 radical (unpaired) electrons. The number of nitrogens with one attached hydrogen (secondary N) is 1. The topological polar surface area (TPSA) is 68.8 Å². The van der Waals surface area contributed by atoms with E-state index in [0.29, 0.717) is 32.6 Å². The van der Waals surface area contributed by atoms with Gasteiger partial charge in [-0.05, 0) is 30.7 Å². The molecule has 158 valence electrons. The van der Waals surface area contributed by atoms with Crippen molar-refractivity contribution >= 4 is 17.6 Å². The summed E-state index contributed by atoms with van der Waals surface area (Å²) in [6.45, 7) is 6.95. The first kappa shape index (κ1) is 20.3. The Morgan fingerprint density at radius 2 is 1.93 bits per heavy atom. The van der Waals surface area contributed by atoms with Crippen LogP contribution in [0.25, 0.3) is 0 Å². The summed E-state index contributed by atoms with van der Waals surface area (Å²) in [5.74, 6) is 0.184. The average molecular weight is 408 g/mol. The van der Waals surface area contributed by atoms with Gasteiger partial charge < -0.3 is 15.1 Å². The van der Waals surface area contributed by atoms with Crippen LogP contribution >= 0.6 is 0 Å². The molecule has 2 aliphatic rings. The normalized spacial score (nSPS) is 22.4. The third kappa shape index (κ3) is 4.62. The standard InChI is InChI=1S/C23H29N5O2/c1-2-27-17-23(13-21(27)29)16-26(15-19-7-6-10-24-14-19)11-12-28(18-23)22(30)25-20-8-4-3-5-9-20/h3-10,14H,2,11-13,15-18H2,1H3,(H,25,30)/t23-/m0/s1. The number of nitrogens with zero attached hydrogens (tertiary/aromatic N) is 4. The summed E-state index contributed by atoms with van der Waals surface area (Å²) in [4.78, 5) is 36.0. The maximum atomic E-state index is 13.0. The molecule has 2 aromatic rings. The van der Waals surface area contributed by atoms with E-state index in [2.05, 4.69) is 21.3 Å². The number of anilines is 1. The van der Waals surface area contributed by atoms with Gasteiger partial charge in [0.1, 0.15) is 0 Å². The molecule has 0 aliphatic carbocycles. The van der Waals surface area contributed by atoms with Crippen LogP contribution < -0.4 is 5.32 Å². The molecule has 7 nitrogen and oxygen atoms in total. The van der Waals surface area contributed by atoms with Gasteiger partial charge in [0.05, 0.1) is 0 Å². The third-order valence-corrected chi connectivity index (χ3v) is 6.00. The van der Waals surface area contributed by atoms with Crippen molar-refractivity contribution in [2.45, 2.75) is 19.9 Å². The fourth-order valence-corrected chi connectivity index (χ4v) is 4.61. The molecule has 1 N–H and O–H groups in total. The van der Waals surface area contributed by atoms with E-state index in [1.165, 1.54) is 0 Å². The Balaban J connectivity index is 1.53. The molecule has 7 heteroatoms. The number of hydrogen-bond acceptors (Lipinski definition) is 4. The Bertz CT molecular complexity index is 876. The molecule has 0 unspecified atom stereocenters. The lowest BCUT2D eigenvalue weighted by Gasteiger charge is -2.33. The molecule has 2 saturated heterocycles. The first-order valence-corrected chi connectivity index (χ1v) is 10.6. The summed E-state index contributed by atoms with van der Waals surface area (Å²) >= 11 is 0. The van der Waals surface area contributed by atoms with E-state index in [0.717, 1.165) is 30.9 Å². The average Bonchev–Trinajstić information content (AvgIpc) is 2.95. The van der Waals surface area contributed by atoms with E-state index < -0.39 is 0 Å². The molecule has 3 heterocycles. The summed E-state index contributed by atoms with van der Waals surface area (Å²) in [5, 5.41) is 3.01. The monoisotopic (exact) mass is 407 g/mol. The molecule has 1 aromatic carbocycles. The molecule has 1 spiro atoms. The Morgan fingerprint density at radius 3 is 2.63 bits per heavy atom. The highest BCUT2D eigenvalue weighted by atomic mass is 16.2. The summed E-state index contributed by atoms with van der Waals surface area (Å²) in [5.41, 5.74) is 1.68. The van der Waals surface area contributed by atoms with Crippen molar-refractivity contribution in [2.24, 2.45) is 5.41 Å². The van der Waals surface area contributed by atoms with Crippen LogP contribution in [0.2, 0.25) is 0 Å². The second kappa shape index (κ2) is 8.83. The van der Waals surface area contributed by atoms with E-state index >= 15 is 0 Å². The number of pyridine rings is 1. The SMILES string of the molecule is CCN1C[C@]2(CC1=O)CN(Cc1cccnc1)CCN(C(=O)Nc1ccccc1)C2. The summed E-state index contributed by atoms with van der Waals surface area (Å²) in [6, 6.07) is 13.4. The van der Waals surface area contributed by atoms with Gasteiger partial charge in [0.25, 0.3) is 0 Å². The zero-order valence-corrected chi connectivity index (χ0v) is 17.5. The van der Waals surface area contributed by atoms with Crippen LogP contribution in [0.15, 0.2) is 54.9 Å². The number of carbonyl (C=O) groups is 2. The van der Waals surface area contributed by atoms with Gasteiger partial charge in [-0.15, -0.1) is 0 Å². The molecule has 0 saturated carbocycles. The quantitative estimate of drug-likeness (QED) is 0.846. The second-order valence-electron chi connectivity index (χ2n) is 8.37. The molecule has 0 bridgehead atoms. The molecule has 3 amide bonds. The fourth-order valence-electron chi connectivity index (χ4n) is 4.61. The minimum absolute atomic E-state index is 0.105. The molecule has 30 heavy (non-hydrogen) atoms. The van der Waals surface area contributed by atoms with Crippen molar-refractivity contribution in [3.05, 3.63) is 60.4 Å². The van der Waals surface area contributed by atoms with Gasteiger partial charge in [0.15, 0.2) is 0 Å². The van der Waals surface area contributed by atoms with Gasteiger partial charge in [0.2, 0.25) is 5.91 Å². The maximum Gasteiger partial charge on any atom is 0.321 e. The van der Waals surface area contributed by atoms with Gasteiger partial charge in [-0.2, -0.15) is 0 Å². The van der Waals surface area contributed by atoms with Crippen molar-refractivity contribution in [3.63, 3.8) is 0 Å². The molecular weight excluding hydrogens is 378 g/mol. The Morgan fingerprint density at radius 1 is 1.10 bits per heavy atom. The number of amides is 3. The van der Waals surface area contributed by atoms with Crippen LogP contribution in [0.4, 0.5) is 10.5 Å². The number of urea groups is 1. The number of para-hydroxylation sites is 1. The smallest absolute Gasteiger partial charge is 0.321 e. The Hall–Kier alpha value is -2.93. The lowest BCUT2D eigenvalue weighted by Crippen LogP contribution is -2.45. The van der Waals surface area contributed by atoms with Gasteiger partial charge in [-0.1, -0.05) is 24.3 Å². The molecule has 2 aliphatic heterocycles. The lowest BCUT2D eigenvalue weighted by molar-refractivity contribution is -0.127. The number of aromatic nitrogens is 1. The van der Waals surface area contributed by atoms with E-state index in [1.807, 2.05) is 59.3 Å². The number of benzene rings is 1. The second-order valence-corrected chi connectivity index (χ2v) is 8.37. The number of hydrogen-bond donors (Lipinski definition) is 1. The van der Waals surface area contributed by atoms with Crippen molar-refractivity contribution < 1.29 is 9.59 Å². The van der Waals surface area contributed by atoms with Crippen molar-refractivity contribution in [1.82, 2.24) is 19.7 Å². The number of likely N-dealkylation sites (tertiary alicyclic amines) is 1. The predicted molar refractivity (Wildman–Crippen MR) is 116 cm³/mol. The highest BCUT2D eigenvalue weighted by Crippen LogP contribution is 2.35. The zero-order valence-electron chi connectivity index (χ0n) is 17.5. The van der Waals surface area contributed by atoms with Crippen molar-refractivity contribution in [1.29, 1.82) is 0 Å². The van der Waals surface area contributed by atoms with Crippen LogP contribution in [-0.4, -0.2) is 70.9 Å². The first-order valence-electron chi connectivity index (χ1n) is 10.6. The van der Waals surface area contributed by atoms with Crippen molar-refractivity contribution in [2.75, 3.05) is 44.6 Å². The highest BCUT2D eigenvalue weighted by Gasteiger charge is 2.46. The van der Waals surface area contributed by atoms with Crippen molar-refractivity contribution in [3.8, 4) is 0 Å². The molecule has 4 rings (SSSR count). The van der Waals surface area contributed by atoms with Crippen LogP contribution in [0, 0.1) is 5.41 Å². The molecule has 1 aromatic heterocycles. The van der Waals surface area contributed by atoms with Gasteiger partial charge in [0, 0.05) is 75.7 Å². The largest absolute Gasteiger partial charge is 0.342 e. The van der Waals surface area contributed by atoms with Crippen LogP contribution in [0.5, 0.6) is 0 Å². The van der Waals surface area contributed by atoms with Crippen LogP contribution in [-0.2, 0) is 11.3 Å². The molecule has 2 fully saturated rings. The summed E-state index contributed by atoms with van der Waals surface area (Å²) < 4.78 is 0. The molecule has 1 atom stereocenters. The third-order valence-electron chi connectivity index (χ3n) is 6.00. The number of rotatable bonds is 4.